The zero-order chi connectivity index (χ0) is 12.1. The molecule has 6 heteroatoms. The molecular formula is C11H15N5O. The van der Waals surface area contributed by atoms with E-state index in [2.05, 4.69) is 15.6 Å². The molecule has 0 saturated heterocycles. The maximum absolute atomic E-state index is 5.58. The van der Waals surface area contributed by atoms with E-state index < -0.39 is 0 Å². The largest absolute Gasteiger partial charge is 0.493 e. The number of aromatic nitrogens is 3. The molecule has 0 saturated carbocycles. The highest BCUT2D eigenvalue weighted by molar-refractivity contribution is 5.23. The van der Waals surface area contributed by atoms with E-state index in [-0.39, 0.29) is 0 Å². The second-order valence-corrected chi connectivity index (χ2v) is 3.55. The smallest absolute Gasteiger partial charge is 0.238 e. The number of hydrazine groups is 1. The predicted octanol–water partition coefficient (Wildman–Crippen LogP) is 0.722. The molecule has 0 aliphatic rings. The van der Waals surface area contributed by atoms with Crippen LogP contribution in [0.4, 0.5) is 5.95 Å². The molecule has 3 N–H and O–H groups in total. The topological polar surface area (TPSA) is 78.0 Å². The van der Waals surface area contributed by atoms with Gasteiger partial charge in [0.25, 0.3) is 0 Å². The SMILES string of the molecule is Cn1c(CCOc2ccccc2)nnc1NN. The van der Waals surface area contributed by atoms with Crippen LogP contribution in [-0.4, -0.2) is 21.4 Å². The molecular weight excluding hydrogens is 218 g/mol. The summed E-state index contributed by atoms with van der Waals surface area (Å²) in [6, 6.07) is 9.67. The fourth-order valence-electron chi connectivity index (χ4n) is 1.48. The third-order valence-corrected chi connectivity index (χ3v) is 2.43. The quantitative estimate of drug-likeness (QED) is 0.587. The molecule has 0 aliphatic heterocycles. The van der Waals surface area contributed by atoms with E-state index in [4.69, 9.17) is 10.6 Å². The number of para-hydroxylation sites is 1. The van der Waals surface area contributed by atoms with Crippen molar-refractivity contribution in [2.24, 2.45) is 12.9 Å². The van der Waals surface area contributed by atoms with Crippen LogP contribution in [0.25, 0.3) is 0 Å². The van der Waals surface area contributed by atoms with E-state index in [0.717, 1.165) is 11.6 Å². The molecule has 1 heterocycles. The summed E-state index contributed by atoms with van der Waals surface area (Å²) in [4.78, 5) is 0. The number of benzene rings is 1. The average molecular weight is 233 g/mol. The molecule has 0 fully saturated rings. The van der Waals surface area contributed by atoms with Crippen LogP contribution in [0.5, 0.6) is 5.75 Å². The van der Waals surface area contributed by atoms with Gasteiger partial charge >= 0.3 is 0 Å². The van der Waals surface area contributed by atoms with Gasteiger partial charge in [-0.05, 0) is 12.1 Å². The van der Waals surface area contributed by atoms with E-state index >= 15 is 0 Å². The van der Waals surface area contributed by atoms with Crippen molar-refractivity contribution in [3.8, 4) is 5.75 Å². The summed E-state index contributed by atoms with van der Waals surface area (Å²) in [5, 5.41) is 7.89. The van der Waals surface area contributed by atoms with Crippen LogP contribution in [0, 0.1) is 0 Å². The standard InChI is InChI=1S/C11H15N5O/c1-16-10(14-15-11(16)13-12)7-8-17-9-5-3-2-4-6-9/h2-6H,7-8,12H2,1H3,(H,13,15). The molecule has 90 valence electrons. The highest BCUT2D eigenvalue weighted by Crippen LogP contribution is 2.09. The van der Waals surface area contributed by atoms with E-state index in [9.17, 15) is 0 Å². The van der Waals surface area contributed by atoms with Crippen LogP contribution in [0.1, 0.15) is 5.82 Å². The Hall–Kier alpha value is -2.08. The summed E-state index contributed by atoms with van der Waals surface area (Å²) in [6.07, 6.45) is 0.681. The minimum absolute atomic E-state index is 0.541. The fourth-order valence-corrected chi connectivity index (χ4v) is 1.48. The van der Waals surface area contributed by atoms with Gasteiger partial charge in [-0.15, -0.1) is 10.2 Å². The predicted molar refractivity (Wildman–Crippen MR) is 64.5 cm³/mol. The maximum Gasteiger partial charge on any atom is 0.238 e. The normalized spacial score (nSPS) is 10.2. The maximum atomic E-state index is 5.58. The molecule has 0 amide bonds. The van der Waals surface area contributed by atoms with Gasteiger partial charge in [-0.1, -0.05) is 18.2 Å². The molecule has 0 aliphatic carbocycles. The summed E-state index contributed by atoms with van der Waals surface area (Å²) in [6.45, 7) is 0.556. The third kappa shape index (κ3) is 2.73. The molecule has 1 aromatic carbocycles. The zero-order valence-electron chi connectivity index (χ0n) is 9.63. The summed E-state index contributed by atoms with van der Waals surface area (Å²) < 4.78 is 7.38. The first-order chi connectivity index (χ1) is 8.31. The Bertz CT molecular complexity index is 468. The van der Waals surface area contributed by atoms with Crippen molar-refractivity contribution in [3.63, 3.8) is 0 Å². The molecule has 0 radical (unpaired) electrons. The fraction of sp³-hybridized carbons (Fsp3) is 0.273. The van der Waals surface area contributed by atoms with Crippen LogP contribution in [0.3, 0.4) is 0 Å². The van der Waals surface area contributed by atoms with Crippen molar-refractivity contribution in [2.75, 3.05) is 12.0 Å². The summed E-state index contributed by atoms with van der Waals surface area (Å²) in [7, 11) is 1.85. The van der Waals surface area contributed by atoms with Crippen LogP contribution < -0.4 is 16.0 Å². The number of anilines is 1. The molecule has 0 spiro atoms. The summed E-state index contributed by atoms with van der Waals surface area (Å²) >= 11 is 0. The lowest BCUT2D eigenvalue weighted by Gasteiger charge is -2.05. The van der Waals surface area contributed by atoms with Crippen molar-refractivity contribution >= 4 is 5.95 Å². The first kappa shape index (κ1) is 11.4. The number of nitrogen functional groups attached to an aromatic ring is 1. The highest BCUT2D eigenvalue weighted by atomic mass is 16.5. The Balaban J connectivity index is 1.88. The van der Waals surface area contributed by atoms with Gasteiger partial charge in [0.1, 0.15) is 11.6 Å². The molecule has 6 nitrogen and oxygen atoms in total. The zero-order valence-corrected chi connectivity index (χ0v) is 9.63. The van der Waals surface area contributed by atoms with E-state index in [1.54, 1.807) is 4.57 Å². The number of nitrogens with two attached hydrogens (primary N) is 1. The third-order valence-electron chi connectivity index (χ3n) is 2.43. The van der Waals surface area contributed by atoms with Gasteiger partial charge in [-0.2, -0.15) is 0 Å². The Morgan fingerprint density at radius 2 is 2.06 bits per heavy atom. The Morgan fingerprint density at radius 3 is 2.71 bits per heavy atom. The molecule has 2 rings (SSSR count). The van der Waals surface area contributed by atoms with Crippen LogP contribution >= 0.6 is 0 Å². The molecule has 2 aromatic rings. The number of hydrogen-bond donors (Lipinski definition) is 2. The molecule has 0 atom stereocenters. The van der Waals surface area contributed by atoms with E-state index in [0.29, 0.717) is 19.0 Å². The second-order valence-electron chi connectivity index (χ2n) is 3.55. The van der Waals surface area contributed by atoms with Crippen LogP contribution in [-0.2, 0) is 13.5 Å². The van der Waals surface area contributed by atoms with Gasteiger partial charge < -0.3 is 4.74 Å². The van der Waals surface area contributed by atoms with E-state index in [1.165, 1.54) is 0 Å². The van der Waals surface area contributed by atoms with Gasteiger partial charge in [0.2, 0.25) is 5.95 Å². The number of nitrogens with one attached hydrogen (secondary N) is 1. The van der Waals surface area contributed by atoms with Crippen LogP contribution in [0.15, 0.2) is 30.3 Å². The first-order valence-electron chi connectivity index (χ1n) is 5.34. The van der Waals surface area contributed by atoms with Gasteiger partial charge in [0, 0.05) is 13.5 Å². The van der Waals surface area contributed by atoms with Gasteiger partial charge in [-0.3, -0.25) is 9.99 Å². The number of rotatable bonds is 5. The van der Waals surface area contributed by atoms with Crippen molar-refractivity contribution in [1.29, 1.82) is 0 Å². The van der Waals surface area contributed by atoms with Crippen molar-refractivity contribution < 1.29 is 4.74 Å². The van der Waals surface area contributed by atoms with Gasteiger partial charge in [0.05, 0.1) is 6.61 Å². The average Bonchev–Trinajstić information content (AvgIpc) is 2.72. The number of ether oxygens (including phenoxy) is 1. The summed E-state index contributed by atoms with van der Waals surface area (Å²) in [5.74, 6) is 7.50. The van der Waals surface area contributed by atoms with Crippen molar-refractivity contribution in [2.45, 2.75) is 6.42 Å². The molecule has 1 aromatic heterocycles. The first-order valence-corrected chi connectivity index (χ1v) is 5.34. The Morgan fingerprint density at radius 1 is 1.29 bits per heavy atom. The minimum Gasteiger partial charge on any atom is -0.493 e. The lowest BCUT2D eigenvalue weighted by atomic mass is 10.3. The second kappa shape index (κ2) is 5.31. The summed E-state index contributed by atoms with van der Waals surface area (Å²) in [5.41, 5.74) is 2.47. The van der Waals surface area contributed by atoms with Crippen molar-refractivity contribution in [3.05, 3.63) is 36.2 Å². The monoisotopic (exact) mass is 233 g/mol. The highest BCUT2D eigenvalue weighted by Gasteiger charge is 2.06. The lowest BCUT2D eigenvalue weighted by molar-refractivity contribution is 0.317. The van der Waals surface area contributed by atoms with Crippen LogP contribution in [0.2, 0.25) is 0 Å². The Labute approximate surface area is 99.4 Å². The molecule has 0 bridgehead atoms. The molecule has 17 heavy (non-hydrogen) atoms. The van der Waals surface area contributed by atoms with Crippen molar-refractivity contribution in [1.82, 2.24) is 14.8 Å². The van der Waals surface area contributed by atoms with E-state index in [1.807, 2.05) is 37.4 Å². The van der Waals surface area contributed by atoms with Gasteiger partial charge in [-0.25, -0.2) is 5.84 Å². The minimum atomic E-state index is 0.541. The Kier molecular flexibility index (Phi) is 3.56. The number of hydrogen-bond acceptors (Lipinski definition) is 5. The molecule has 0 unspecified atom stereocenters. The van der Waals surface area contributed by atoms with Gasteiger partial charge in [0.15, 0.2) is 0 Å². The lowest BCUT2D eigenvalue weighted by Crippen LogP contribution is -2.13. The number of nitrogens with zero attached hydrogens (tertiary/aromatic N) is 3.